The molecule has 1 N–H and O–H groups in total. The van der Waals surface area contributed by atoms with Crippen LogP contribution in [0.4, 0.5) is 0 Å². The van der Waals surface area contributed by atoms with Gasteiger partial charge in [-0.3, -0.25) is 0 Å². The number of aliphatic hydroxyl groups is 1. The van der Waals surface area contributed by atoms with Crippen molar-refractivity contribution >= 4 is 0 Å². The van der Waals surface area contributed by atoms with E-state index in [4.69, 9.17) is 9.26 Å². The van der Waals surface area contributed by atoms with Crippen molar-refractivity contribution in [3.63, 3.8) is 0 Å². The van der Waals surface area contributed by atoms with Crippen LogP contribution in [0.5, 0.6) is 0 Å². The number of hydrogen-bond acceptors (Lipinski definition) is 5. The van der Waals surface area contributed by atoms with Crippen LogP contribution in [0.25, 0.3) is 11.5 Å². The summed E-state index contributed by atoms with van der Waals surface area (Å²) in [5.74, 6) is 1.54. The Kier molecular flexibility index (Phi) is 4.27. The van der Waals surface area contributed by atoms with Gasteiger partial charge in [-0.05, 0) is 50.8 Å². The van der Waals surface area contributed by atoms with Gasteiger partial charge in [-0.25, -0.2) is 0 Å². The molecule has 1 unspecified atom stereocenters. The number of aryl methyl sites for hydroxylation is 1. The zero-order valence-electron chi connectivity index (χ0n) is 13.1. The van der Waals surface area contributed by atoms with Gasteiger partial charge in [-0.2, -0.15) is 4.98 Å². The predicted molar refractivity (Wildman–Crippen MR) is 82.5 cm³/mol. The molecule has 1 fully saturated rings. The fraction of sp³-hybridized carbons (Fsp3) is 0.529. The van der Waals surface area contributed by atoms with E-state index in [0.29, 0.717) is 12.5 Å². The van der Waals surface area contributed by atoms with Gasteiger partial charge < -0.3 is 14.4 Å². The topological polar surface area (TPSA) is 68.4 Å². The van der Waals surface area contributed by atoms with Crippen molar-refractivity contribution < 1.29 is 14.4 Å². The number of ether oxygens (including phenoxy) is 1. The van der Waals surface area contributed by atoms with Gasteiger partial charge in [0, 0.05) is 18.1 Å². The SMILES string of the molecule is CC(C)(O)CCc1ccc(-c2nc(C3CCOC3)no2)cc1. The Hall–Kier alpha value is -1.72. The second kappa shape index (κ2) is 6.18. The summed E-state index contributed by atoms with van der Waals surface area (Å²) in [6, 6.07) is 8.07. The number of aromatic nitrogens is 2. The summed E-state index contributed by atoms with van der Waals surface area (Å²) in [6.07, 6.45) is 2.53. The summed E-state index contributed by atoms with van der Waals surface area (Å²) < 4.78 is 10.7. The molecular formula is C17H22N2O3. The van der Waals surface area contributed by atoms with Crippen LogP contribution in [0.2, 0.25) is 0 Å². The third-order valence-electron chi connectivity index (χ3n) is 3.96. The molecule has 0 bridgehead atoms. The molecule has 1 aliphatic heterocycles. The first kappa shape index (κ1) is 15.2. The average molecular weight is 302 g/mol. The molecule has 5 heteroatoms. The van der Waals surface area contributed by atoms with E-state index in [1.54, 1.807) is 0 Å². The number of hydrogen-bond donors (Lipinski definition) is 1. The van der Waals surface area contributed by atoms with E-state index in [9.17, 15) is 5.11 Å². The molecule has 1 saturated heterocycles. The van der Waals surface area contributed by atoms with Crippen LogP contribution in [0.1, 0.15) is 44.0 Å². The normalized spacial score (nSPS) is 18.8. The van der Waals surface area contributed by atoms with Crippen LogP contribution in [-0.2, 0) is 11.2 Å². The summed E-state index contributed by atoms with van der Waals surface area (Å²) in [4.78, 5) is 4.48. The summed E-state index contributed by atoms with van der Waals surface area (Å²) in [5.41, 5.74) is 1.48. The van der Waals surface area contributed by atoms with E-state index in [2.05, 4.69) is 10.1 Å². The molecule has 0 saturated carbocycles. The third-order valence-corrected chi connectivity index (χ3v) is 3.96. The lowest BCUT2D eigenvalue weighted by Gasteiger charge is -2.16. The van der Waals surface area contributed by atoms with Crippen molar-refractivity contribution in [1.82, 2.24) is 10.1 Å². The zero-order chi connectivity index (χ0) is 15.6. The van der Waals surface area contributed by atoms with Gasteiger partial charge in [-0.15, -0.1) is 0 Å². The Morgan fingerprint density at radius 2 is 2.05 bits per heavy atom. The van der Waals surface area contributed by atoms with Crippen molar-refractivity contribution in [3.05, 3.63) is 35.7 Å². The average Bonchev–Trinajstić information content (AvgIpc) is 3.15. The molecule has 0 amide bonds. The van der Waals surface area contributed by atoms with Gasteiger partial charge in [0.2, 0.25) is 0 Å². The molecule has 5 nitrogen and oxygen atoms in total. The third kappa shape index (κ3) is 3.72. The van der Waals surface area contributed by atoms with Crippen molar-refractivity contribution in [3.8, 4) is 11.5 Å². The van der Waals surface area contributed by atoms with Gasteiger partial charge >= 0.3 is 0 Å². The number of rotatable bonds is 5. The second-order valence-electron chi connectivity index (χ2n) is 6.53. The largest absolute Gasteiger partial charge is 0.390 e. The van der Waals surface area contributed by atoms with Gasteiger partial charge in [0.15, 0.2) is 5.82 Å². The molecule has 0 radical (unpaired) electrons. The van der Waals surface area contributed by atoms with Gasteiger partial charge in [0.05, 0.1) is 12.2 Å². The zero-order valence-corrected chi connectivity index (χ0v) is 13.1. The molecule has 3 rings (SSSR count). The van der Waals surface area contributed by atoms with Crippen molar-refractivity contribution in [1.29, 1.82) is 0 Å². The monoisotopic (exact) mass is 302 g/mol. The molecule has 1 atom stereocenters. The van der Waals surface area contributed by atoms with Crippen LogP contribution >= 0.6 is 0 Å². The van der Waals surface area contributed by atoms with Crippen molar-refractivity contribution in [2.24, 2.45) is 0 Å². The molecule has 1 aromatic carbocycles. The Balaban J connectivity index is 1.67. The van der Waals surface area contributed by atoms with Gasteiger partial charge in [-0.1, -0.05) is 17.3 Å². The van der Waals surface area contributed by atoms with E-state index in [-0.39, 0.29) is 5.92 Å². The fourth-order valence-electron chi connectivity index (χ4n) is 2.52. The van der Waals surface area contributed by atoms with Crippen LogP contribution in [0, 0.1) is 0 Å². The molecule has 1 aliphatic rings. The summed E-state index contributed by atoms with van der Waals surface area (Å²) >= 11 is 0. The van der Waals surface area contributed by atoms with E-state index in [1.807, 2.05) is 38.1 Å². The fourth-order valence-corrected chi connectivity index (χ4v) is 2.52. The van der Waals surface area contributed by atoms with E-state index in [1.165, 1.54) is 5.56 Å². The molecule has 22 heavy (non-hydrogen) atoms. The van der Waals surface area contributed by atoms with E-state index < -0.39 is 5.60 Å². The lowest BCUT2D eigenvalue weighted by molar-refractivity contribution is 0.0714. The minimum absolute atomic E-state index is 0.253. The van der Waals surface area contributed by atoms with Crippen molar-refractivity contribution in [2.75, 3.05) is 13.2 Å². The highest BCUT2D eigenvalue weighted by Gasteiger charge is 2.23. The Labute approximate surface area is 130 Å². The molecule has 0 spiro atoms. The molecule has 2 heterocycles. The molecule has 118 valence electrons. The quantitative estimate of drug-likeness (QED) is 0.919. The molecule has 0 aliphatic carbocycles. The minimum Gasteiger partial charge on any atom is -0.390 e. The van der Waals surface area contributed by atoms with Crippen LogP contribution in [0.15, 0.2) is 28.8 Å². The summed E-state index contributed by atoms with van der Waals surface area (Å²) in [7, 11) is 0. The minimum atomic E-state index is -0.636. The standard InChI is InChI=1S/C17H22N2O3/c1-17(2,20)9-7-12-3-5-13(6-4-12)16-18-15(19-22-16)14-8-10-21-11-14/h3-6,14,20H,7-11H2,1-2H3. The maximum atomic E-state index is 9.77. The molecule has 1 aromatic heterocycles. The maximum absolute atomic E-state index is 9.77. The second-order valence-corrected chi connectivity index (χ2v) is 6.53. The van der Waals surface area contributed by atoms with Crippen molar-refractivity contribution in [2.45, 2.75) is 44.6 Å². The first-order chi connectivity index (χ1) is 10.5. The first-order valence-electron chi connectivity index (χ1n) is 7.74. The highest BCUT2D eigenvalue weighted by molar-refractivity contribution is 5.53. The number of nitrogens with zero attached hydrogens (tertiary/aromatic N) is 2. The Morgan fingerprint density at radius 3 is 2.68 bits per heavy atom. The van der Waals surface area contributed by atoms with Crippen LogP contribution < -0.4 is 0 Å². The first-order valence-corrected chi connectivity index (χ1v) is 7.74. The molecule has 2 aromatic rings. The lowest BCUT2D eigenvalue weighted by atomic mass is 9.98. The Bertz CT molecular complexity index is 608. The van der Waals surface area contributed by atoms with E-state index in [0.717, 1.165) is 37.3 Å². The highest BCUT2D eigenvalue weighted by Crippen LogP contribution is 2.26. The molecular weight excluding hydrogens is 280 g/mol. The maximum Gasteiger partial charge on any atom is 0.257 e. The predicted octanol–water partition coefficient (Wildman–Crippen LogP) is 2.94. The van der Waals surface area contributed by atoms with E-state index >= 15 is 0 Å². The van der Waals surface area contributed by atoms with Gasteiger partial charge in [0.1, 0.15) is 0 Å². The summed E-state index contributed by atoms with van der Waals surface area (Å²) in [5, 5.41) is 13.8. The van der Waals surface area contributed by atoms with Crippen LogP contribution in [0.3, 0.4) is 0 Å². The van der Waals surface area contributed by atoms with Gasteiger partial charge in [0.25, 0.3) is 5.89 Å². The highest BCUT2D eigenvalue weighted by atomic mass is 16.5. The number of benzene rings is 1. The lowest BCUT2D eigenvalue weighted by Crippen LogP contribution is -2.19. The van der Waals surface area contributed by atoms with Crippen LogP contribution in [-0.4, -0.2) is 34.1 Å². The Morgan fingerprint density at radius 1 is 1.27 bits per heavy atom. The summed E-state index contributed by atoms with van der Waals surface area (Å²) in [6.45, 7) is 5.10. The smallest absolute Gasteiger partial charge is 0.257 e.